The molecule has 37 heavy (non-hydrogen) atoms. The molecule has 0 unspecified atom stereocenters. The van der Waals surface area contributed by atoms with E-state index < -0.39 is 5.91 Å². The summed E-state index contributed by atoms with van der Waals surface area (Å²) in [6, 6.07) is 18.6. The second-order valence-electron chi connectivity index (χ2n) is 8.92. The van der Waals surface area contributed by atoms with Crippen molar-refractivity contribution < 1.29 is 18.7 Å². The van der Waals surface area contributed by atoms with Gasteiger partial charge in [-0.2, -0.15) is 4.99 Å². The number of benzene rings is 3. The highest BCUT2D eigenvalue weighted by molar-refractivity contribution is 6.11. The third-order valence-electron chi connectivity index (χ3n) is 6.18. The number of halogens is 1. The number of carbonyl (C=O) groups excluding carboxylic acids is 1. The van der Waals surface area contributed by atoms with Gasteiger partial charge in [0.15, 0.2) is 0 Å². The first-order valence-corrected chi connectivity index (χ1v) is 12.2. The number of hydrogen-bond donors (Lipinski definition) is 2. The zero-order chi connectivity index (χ0) is 26.2. The van der Waals surface area contributed by atoms with E-state index in [-0.39, 0.29) is 11.7 Å². The number of nitrogen functional groups attached to an aromatic ring is 1. The molecule has 8 nitrogen and oxygen atoms in total. The molecule has 4 rings (SSSR count). The predicted molar refractivity (Wildman–Crippen MR) is 144 cm³/mol. The number of nitrogens with two attached hydrogens (primary N) is 2. The molecule has 3 aromatic rings. The van der Waals surface area contributed by atoms with Gasteiger partial charge in [-0.05, 0) is 61.1 Å². The lowest BCUT2D eigenvalue weighted by Gasteiger charge is -2.34. The number of amides is 1. The van der Waals surface area contributed by atoms with Crippen LogP contribution in [0.1, 0.15) is 21.5 Å². The quantitative estimate of drug-likeness (QED) is 0.199. The first-order chi connectivity index (χ1) is 17.9. The Morgan fingerprint density at radius 3 is 2.35 bits per heavy atom. The summed E-state index contributed by atoms with van der Waals surface area (Å²) in [6.45, 7) is 4.96. The molecule has 194 valence electrons. The van der Waals surface area contributed by atoms with Crippen LogP contribution in [0.2, 0.25) is 0 Å². The number of ether oxygens (including phenoxy) is 2. The van der Waals surface area contributed by atoms with Crippen molar-refractivity contribution in [1.82, 2.24) is 4.90 Å². The van der Waals surface area contributed by atoms with Crippen LogP contribution in [0.4, 0.5) is 15.8 Å². The molecule has 1 heterocycles. The third-order valence-corrected chi connectivity index (χ3v) is 6.18. The Hall–Kier alpha value is -3.95. The molecule has 3 aromatic carbocycles. The second-order valence-corrected chi connectivity index (χ2v) is 8.92. The van der Waals surface area contributed by atoms with Crippen LogP contribution in [0.3, 0.4) is 0 Å². The van der Waals surface area contributed by atoms with Crippen LogP contribution in [0.25, 0.3) is 0 Å². The Balaban J connectivity index is 1.28. The smallest absolute Gasteiger partial charge is 0.278 e. The summed E-state index contributed by atoms with van der Waals surface area (Å²) in [4.78, 5) is 21.3. The number of amidine groups is 1. The molecule has 0 aromatic heterocycles. The van der Waals surface area contributed by atoms with Crippen molar-refractivity contribution in [3.63, 3.8) is 0 Å². The van der Waals surface area contributed by atoms with E-state index in [0.29, 0.717) is 42.4 Å². The molecule has 0 aliphatic carbocycles. The molecule has 1 saturated heterocycles. The molecule has 1 aliphatic heterocycles. The minimum Gasteiger partial charge on any atom is -0.491 e. The molecule has 0 atom stereocenters. The van der Waals surface area contributed by atoms with Gasteiger partial charge in [0.05, 0.1) is 13.2 Å². The number of piperazine rings is 1. The molecular weight excluding hydrogens is 473 g/mol. The van der Waals surface area contributed by atoms with Gasteiger partial charge in [-0.1, -0.05) is 12.1 Å². The summed E-state index contributed by atoms with van der Waals surface area (Å²) in [5.41, 5.74) is 15.5. The number of aliphatic imine (C=N–C) groups is 1. The van der Waals surface area contributed by atoms with Gasteiger partial charge in [0, 0.05) is 54.7 Å². The molecule has 4 N–H and O–H groups in total. The Morgan fingerprint density at radius 2 is 1.68 bits per heavy atom. The number of hydrogen-bond acceptors (Lipinski definition) is 6. The fourth-order valence-electron chi connectivity index (χ4n) is 3.97. The van der Waals surface area contributed by atoms with Gasteiger partial charge >= 0.3 is 0 Å². The normalized spacial score (nSPS) is 14.5. The number of likely N-dealkylation sites (N-methyl/N-ethyl adjacent to an activating group) is 1. The van der Waals surface area contributed by atoms with Crippen LogP contribution < -0.4 is 21.1 Å². The SMILES string of the molecule is CN1CCN(c2ccc(C(=O)N=C(N)c3ccc(OCCOCc4ccc(F)cc4)cc3N)cc2)CC1. The van der Waals surface area contributed by atoms with Crippen LogP contribution in [0, 0.1) is 5.82 Å². The highest BCUT2D eigenvalue weighted by atomic mass is 19.1. The lowest BCUT2D eigenvalue weighted by atomic mass is 10.1. The van der Waals surface area contributed by atoms with Crippen LogP contribution in [-0.2, 0) is 11.3 Å². The zero-order valence-corrected chi connectivity index (χ0v) is 20.9. The maximum absolute atomic E-state index is 12.9. The van der Waals surface area contributed by atoms with Crippen molar-refractivity contribution in [2.75, 3.05) is 57.1 Å². The van der Waals surface area contributed by atoms with E-state index in [9.17, 15) is 9.18 Å². The molecular formula is C28H32FN5O3. The summed E-state index contributed by atoms with van der Waals surface area (Å²) < 4.78 is 24.2. The fourth-order valence-corrected chi connectivity index (χ4v) is 3.97. The molecule has 1 amide bonds. The van der Waals surface area contributed by atoms with Gasteiger partial charge in [0.2, 0.25) is 0 Å². The van der Waals surface area contributed by atoms with Crippen molar-refractivity contribution >= 4 is 23.1 Å². The lowest BCUT2D eigenvalue weighted by Crippen LogP contribution is -2.44. The average molecular weight is 506 g/mol. The molecule has 0 bridgehead atoms. The van der Waals surface area contributed by atoms with Crippen molar-refractivity contribution in [2.45, 2.75) is 6.61 Å². The molecule has 1 aliphatic rings. The lowest BCUT2D eigenvalue weighted by molar-refractivity contribution is 0.0889. The van der Waals surface area contributed by atoms with E-state index in [4.69, 9.17) is 20.9 Å². The highest BCUT2D eigenvalue weighted by Gasteiger charge is 2.15. The summed E-state index contributed by atoms with van der Waals surface area (Å²) in [5, 5.41) is 0. The van der Waals surface area contributed by atoms with Crippen LogP contribution in [-0.4, -0.2) is 63.1 Å². The minimum absolute atomic E-state index is 0.0415. The van der Waals surface area contributed by atoms with Gasteiger partial charge in [0.25, 0.3) is 5.91 Å². The second kappa shape index (κ2) is 12.3. The highest BCUT2D eigenvalue weighted by Crippen LogP contribution is 2.21. The van der Waals surface area contributed by atoms with E-state index in [2.05, 4.69) is 21.8 Å². The van der Waals surface area contributed by atoms with E-state index >= 15 is 0 Å². The number of anilines is 2. The molecule has 0 spiro atoms. The Kier molecular flexibility index (Phi) is 8.71. The van der Waals surface area contributed by atoms with Crippen LogP contribution >= 0.6 is 0 Å². The summed E-state index contributed by atoms with van der Waals surface area (Å²) in [6.07, 6.45) is 0. The minimum atomic E-state index is -0.430. The fraction of sp³-hybridized carbons (Fsp3) is 0.286. The topological polar surface area (TPSA) is 106 Å². The van der Waals surface area contributed by atoms with Crippen molar-refractivity contribution in [1.29, 1.82) is 0 Å². The third kappa shape index (κ3) is 7.28. The van der Waals surface area contributed by atoms with E-state index in [1.165, 1.54) is 12.1 Å². The monoisotopic (exact) mass is 505 g/mol. The Morgan fingerprint density at radius 1 is 0.973 bits per heavy atom. The first-order valence-electron chi connectivity index (χ1n) is 12.2. The number of rotatable bonds is 9. The largest absolute Gasteiger partial charge is 0.491 e. The van der Waals surface area contributed by atoms with Gasteiger partial charge < -0.3 is 30.7 Å². The maximum atomic E-state index is 12.9. The summed E-state index contributed by atoms with van der Waals surface area (Å²) >= 11 is 0. The van der Waals surface area contributed by atoms with E-state index in [0.717, 1.165) is 37.4 Å². The van der Waals surface area contributed by atoms with Gasteiger partial charge in [-0.3, -0.25) is 4.79 Å². The van der Waals surface area contributed by atoms with Crippen LogP contribution in [0.15, 0.2) is 71.7 Å². The van der Waals surface area contributed by atoms with Crippen molar-refractivity contribution in [3.8, 4) is 5.75 Å². The maximum Gasteiger partial charge on any atom is 0.278 e. The Bertz CT molecular complexity index is 1220. The van der Waals surface area contributed by atoms with E-state index in [1.807, 2.05) is 12.1 Å². The average Bonchev–Trinajstić information content (AvgIpc) is 2.90. The zero-order valence-electron chi connectivity index (χ0n) is 20.9. The summed E-state index contributed by atoms with van der Waals surface area (Å²) in [5.74, 6) is -0.121. The van der Waals surface area contributed by atoms with Crippen LogP contribution in [0.5, 0.6) is 5.75 Å². The van der Waals surface area contributed by atoms with Gasteiger partial charge in [-0.15, -0.1) is 0 Å². The van der Waals surface area contributed by atoms with Crippen molar-refractivity contribution in [3.05, 3.63) is 89.2 Å². The molecule has 0 saturated carbocycles. The first kappa shape index (κ1) is 26.1. The standard InChI is InChI=1S/C28H32FN5O3/c1-33-12-14-34(15-13-33)23-8-4-21(5-9-23)28(35)32-27(31)25-11-10-24(18-26(25)30)37-17-16-36-19-20-2-6-22(29)7-3-20/h2-11,18H,12-17,19,30H2,1H3,(H2,31,32,35). The predicted octanol–water partition coefficient (Wildman–Crippen LogP) is 3.30. The van der Waals surface area contributed by atoms with Gasteiger partial charge in [-0.25, -0.2) is 4.39 Å². The summed E-state index contributed by atoms with van der Waals surface area (Å²) in [7, 11) is 2.11. The number of nitrogens with zero attached hydrogens (tertiary/aromatic N) is 3. The van der Waals surface area contributed by atoms with E-state index in [1.54, 1.807) is 42.5 Å². The molecule has 1 fully saturated rings. The van der Waals surface area contributed by atoms with Crippen molar-refractivity contribution in [2.24, 2.45) is 10.7 Å². The Labute approximate surface area is 216 Å². The molecule has 9 heteroatoms. The number of carbonyl (C=O) groups is 1. The van der Waals surface area contributed by atoms with Gasteiger partial charge in [0.1, 0.15) is 24.0 Å². The molecule has 0 radical (unpaired) electrons.